The first-order valence-corrected chi connectivity index (χ1v) is 7.92. The Hall–Kier alpha value is -3.85. The van der Waals surface area contributed by atoms with E-state index in [9.17, 15) is 4.79 Å². The van der Waals surface area contributed by atoms with E-state index in [-0.39, 0.29) is 0 Å². The van der Waals surface area contributed by atoms with E-state index in [4.69, 9.17) is 9.68 Å². The van der Waals surface area contributed by atoms with Crippen LogP contribution in [-0.2, 0) is 0 Å². The second-order valence-corrected chi connectivity index (χ2v) is 5.53. The Morgan fingerprint density at radius 2 is 1.88 bits per heavy atom. The van der Waals surface area contributed by atoms with Crippen molar-refractivity contribution in [3.05, 3.63) is 77.6 Å². The summed E-state index contributed by atoms with van der Waals surface area (Å²) in [6.45, 7) is 1.91. The van der Waals surface area contributed by atoms with E-state index < -0.39 is 6.03 Å². The standard InChI is InChI=1S/C20H16N4O2/c1-14-4-2-3-5-18(14)23-20(25)24-22-13-17-10-11-19(26-17)16-8-6-15(12-21)7-9-16/h2-11,13H,1H3,(H2,23,24,25)/b22-13+. The van der Waals surface area contributed by atoms with Gasteiger partial charge in [0.25, 0.3) is 0 Å². The van der Waals surface area contributed by atoms with Crippen molar-refractivity contribution in [2.75, 3.05) is 5.32 Å². The molecule has 2 N–H and O–H groups in total. The van der Waals surface area contributed by atoms with Crippen LogP contribution < -0.4 is 10.7 Å². The molecule has 0 aliphatic carbocycles. The third kappa shape index (κ3) is 4.16. The molecule has 3 aromatic rings. The van der Waals surface area contributed by atoms with Crippen LogP contribution in [0.1, 0.15) is 16.9 Å². The number of para-hydroxylation sites is 1. The normalized spacial score (nSPS) is 10.5. The molecule has 0 aliphatic heterocycles. The zero-order chi connectivity index (χ0) is 18.4. The first-order valence-electron chi connectivity index (χ1n) is 7.92. The second kappa shape index (κ2) is 7.81. The maximum atomic E-state index is 11.8. The fraction of sp³-hybridized carbons (Fsp3) is 0.0500. The summed E-state index contributed by atoms with van der Waals surface area (Å²) in [5, 5.41) is 15.4. The fourth-order valence-electron chi connectivity index (χ4n) is 2.30. The van der Waals surface area contributed by atoms with Crippen molar-refractivity contribution in [2.45, 2.75) is 6.92 Å². The number of hydrogen-bond donors (Lipinski definition) is 2. The first kappa shape index (κ1) is 17.0. The van der Waals surface area contributed by atoms with Gasteiger partial charge in [-0.1, -0.05) is 18.2 Å². The average Bonchev–Trinajstić information content (AvgIpc) is 3.12. The van der Waals surface area contributed by atoms with Crippen LogP contribution in [-0.4, -0.2) is 12.2 Å². The fourth-order valence-corrected chi connectivity index (χ4v) is 2.30. The number of nitrogens with one attached hydrogen (secondary N) is 2. The summed E-state index contributed by atoms with van der Waals surface area (Å²) in [6, 6.07) is 19.7. The van der Waals surface area contributed by atoms with E-state index in [1.165, 1.54) is 6.21 Å². The van der Waals surface area contributed by atoms with E-state index in [2.05, 4.69) is 21.9 Å². The third-order valence-corrected chi connectivity index (χ3v) is 3.68. The lowest BCUT2D eigenvalue weighted by Gasteiger charge is -2.06. The van der Waals surface area contributed by atoms with Gasteiger partial charge in [-0.15, -0.1) is 0 Å². The highest BCUT2D eigenvalue weighted by Crippen LogP contribution is 2.21. The first-order chi connectivity index (χ1) is 12.7. The summed E-state index contributed by atoms with van der Waals surface area (Å²) < 4.78 is 5.66. The molecule has 3 rings (SSSR count). The van der Waals surface area contributed by atoms with Crippen molar-refractivity contribution < 1.29 is 9.21 Å². The van der Waals surface area contributed by atoms with Gasteiger partial charge in [0.15, 0.2) is 0 Å². The number of nitrogens with zero attached hydrogens (tertiary/aromatic N) is 2. The molecule has 6 nitrogen and oxygen atoms in total. The summed E-state index contributed by atoms with van der Waals surface area (Å²) in [5.74, 6) is 1.15. The quantitative estimate of drug-likeness (QED) is 0.546. The number of anilines is 1. The van der Waals surface area contributed by atoms with Gasteiger partial charge in [0, 0.05) is 11.3 Å². The van der Waals surface area contributed by atoms with E-state index in [0.717, 1.165) is 16.8 Å². The number of furan rings is 1. The van der Waals surface area contributed by atoms with Gasteiger partial charge in [0.1, 0.15) is 11.5 Å². The summed E-state index contributed by atoms with van der Waals surface area (Å²) in [7, 11) is 0. The minimum atomic E-state index is -0.436. The van der Waals surface area contributed by atoms with Crippen molar-refractivity contribution in [2.24, 2.45) is 5.10 Å². The molecule has 2 aromatic carbocycles. The molecule has 0 saturated heterocycles. The summed E-state index contributed by atoms with van der Waals surface area (Å²) in [6.07, 6.45) is 1.42. The lowest BCUT2D eigenvalue weighted by molar-refractivity contribution is 0.252. The highest BCUT2D eigenvalue weighted by Gasteiger charge is 2.05. The topological polar surface area (TPSA) is 90.4 Å². The number of nitriles is 1. The largest absolute Gasteiger partial charge is 0.455 e. The predicted octanol–water partition coefficient (Wildman–Crippen LogP) is 4.28. The van der Waals surface area contributed by atoms with Crippen LogP contribution in [0, 0.1) is 18.3 Å². The lowest BCUT2D eigenvalue weighted by Crippen LogP contribution is -2.24. The molecular weight excluding hydrogens is 328 g/mol. The Balaban J connectivity index is 1.59. The molecule has 0 saturated carbocycles. The van der Waals surface area contributed by atoms with Gasteiger partial charge < -0.3 is 9.73 Å². The number of amides is 2. The molecule has 2 amide bonds. The van der Waals surface area contributed by atoms with Crippen LogP contribution in [0.25, 0.3) is 11.3 Å². The molecule has 1 heterocycles. The number of aryl methyl sites for hydroxylation is 1. The Bertz CT molecular complexity index is 982. The molecule has 1 aromatic heterocycles. The summed E-state index contributed by atoms with van der Waals surface area (Å²) in [5.41, 5.74) is 5.52. The van der Waals surface area contributed by atoms with Crippen molar-refractivity contribution >= 4 is 17.9 Å². The highest BCUT2D eigenvalue weighted by atomic mass is 16.3. The monoisotopic (exact) mass is 344 g/mol. The maximum Gasteiger partial charge on any atom is 0.339 e. The molecule has 0 bridgehead atoms. The number of carbonyl (C=O) groups is 1. The van der Waals surface area contributed by atoms with Crippen LogP contribution >= 0.6 is 0 Å². The number of carbonyl (C=O) groups excluding carboxylic acids is 1. The average molecular weight is 344 g/mol. The summed E-state index contributed by atoms with van der Waals surface area (Å²) in [4.78, 5) is 11.8. The summed E-state index contributed by atoms with van der Waals surface area (Å²) >= 11 is 0. The Morgan fingerprint density at radius 3 is 2.62 bits per heavy atom. The number of benzene rings is 2. The number of hydrogen-bond acceptors (Lipinski definition) is 4. The Labute approximate surface area is 150 Å². The number of hydrazone groups is 1. The lowest BCUT2D eigenvalue weighted by atomic mass is 10.1. The predicted molar refractivity (Wildman–Crippen MR) is 99.8 cm³/mol. The Morgan fingerprint density at radius 1 is 1.12 bits per heavy atom. The van der Waals surface area contributed by atoms with Crippen LogP contribution in [0.5, 0.6) is 0 Å². The van der Waals surface area contributed by atoms with Gasteiger partial charge in [-0.3, -0.25) is 0 Å². The van der Waals surface area contributed by atoms with E-state index >= 15 is 0 Å². The number of rotatable bonds is 4. The van der Waals surface area contributed by atoms with Gasteiger partial charge >= 0.3 is 6.03 Å². The molecule has 0 radical (unpaired) electrons. The minimum absolute atomic E-state index is 0.436. The van der Waals surface area contributed by atoms with Crippen LogP contribution in [0.2, 0.25) is 0 Å². The molecule has 26 heavy (non-hydrogen) atoms. The van der Waals surface area contributed by atoms with Gasteiger partial charge in [0.2, 0.25) is 0 Å². The van der Waals surface area contributed by atoms with Crippen molar-refractivity contribution in [3.8, 4) is 17.4 Å². The molecule has 0 fully saturated rings. The van der Waals surface area contributed by atoms with Gasteiger partial charge in [0.05, 0.1) is 17.8 Å². The molecule has 0 unspecified atom stereocenters. The van der Waals surface area contributed by atoms with Crippen LogP contribution in [0.3, 0.4) is 0 Å². The number of urea groups is 1. The molecule has 6 heteroatoms. The molecule has 0 atom stereocenters. The van der Waals surface area contributed by atoms with Crippen molar-refractivity contribution in [1.82, 2.24) is 5.43 Å². The minimum Gasteiger partial charge on any atom is -0.455 e. The molecular formula is C20H16N4O2. The van der Waals surface area contributed by atoms with E-state index in [0.29, 0.717) is 17.1 Å². The maximum absolute atomic E-state index is 11.8. The van der Waals surface area contributed by atoms with Gasteiger partial charge in [-0.05, 0) is 55.0 Å². The van der Waals surface area contributed by atoms with Crippen molar-refractivity contribution in [3.63, 3.8) is 0 Å². The zero-order valence-corrected chi connectivity index (χ0v) is 14.1. The third-order valence-electron chi connectivity index (χ3n) is 3.68. The van der Waals surface area contributed by atoms with Gasteiger partial charge in [-0.25, -0.2) is 10.2 Å². The zero-order valence-electron chi connectivity index (χ0n) is 14.1. The van der Waals surface area contributed by atoms with E-state index in [1.807, 2.05) is 43.3 Å². The SMILES string of the molecule is Cc1ccccc1NC(=O)N/N=C/c1ccc(-c2ccc(C#N)cc2)o1. The molecule has 0 aliphatic rings. The second-order valence-electron chi connectivity index (χ2n) is 5.53. The highest BCUT2D eigenvalue weighted by molar-refractivity contribution is 5.90. The smallest absolute Gasteiger partial charge is 0.339 e. The van der Waals surface area contributed by atoms with Crippen LogP contribution in [0.4, 0.5) is 10.5 Å². The molecule has 128 valence electrons. The van der Waals surface area contributed by atoms with E-state index in [1.54, 1.807) is 24.3 Å². The molecule has 0 spiro atoms. The van der Waals surface area contributed by atoms with Crippen LogP contribution in [0.15, 0.2) is 70.2 Å². The van der Waals surface area contributed by atoms with Crippen molar-refractivity contribution in [1.29, 1.82) is 5.26 Å². The Kier molecular flexibility index (Phi) is 5.11. The van der Waals surface area contributed by atoms with Gasteiger partial charge in [-0.2, -0.15) is 10.4 Å².